The van der Waals surface area contributed by atoms with Crippen molar-refractivity contribution in [2.24, 2.45) is 0 Å². The first kappa shape index (κ1) is 15.5. The lowest BCUT2D eigenvalue weighted by Crippen LogP contribution is -2.45. The number of benzene rings is 1. The van der Waals surface area contributed by atoms with Crippen molar-refractivity contribution >= 4 is 29.1 Å². The van der Waals surface area contributed by atoms with E-state index in [2.05, 4.69) is 5.32 Å². The van der Waals surface area contributed by atoms with Gasteiger partial charge in [-0.2, -0.15) is 0 Å². The Morgan fingerprint density at radius 1 is 1.35 bits per heavy atom. The summed E-state index contributed by atoms with van der Waals surface area (Å²) in [5, 5.41) is 3.23. The van der Waals surface area contributed by atoms with Crippen LogP contribution in [0.15, 0.2) is 24.3 Å². The zero-order chi connectivity index (χ0) is 14.6. The van der Waals surface area contributed by atoms with E-state index < -0.39 is 11.5 Å². The molecule has 1 N–H and O–H groups in total. The maximum absolute atomic E-state index is 12.7. The van der Waals surface area contributed by atoms with E-state index in [1.165, 1.54) is 0 Å². The number of hydrogen-bond acceptors (Lipinski definition) is 2. The Morgan fingerprint density at radius 2 is 1.95 bits per heavy atom. The Balaban J connectivity index is 2.17. The van der Waals surface area contributed by atoms with Crippen molar-refractivity contribution in [3.05, 3.63) is 34.9 Å². The van der Waals surface area contributed by atoms with Gasteiger partial charge in [-0.05, 0) is 30.5 Å². The van der Waals surface area contributed by atoms with Gasteiger partial charge in [-0.15, -0.1) is 0 Å². The van der Waals surface area contributed by atoms with Gasteiger partial charge in [-0.3, -0.25) is 4.79 Å². The lowest BCUT2D eigenvalue weighted by Gasteiger charge is -2.38. The van der Waals surface area contributed by atoms with Crippen molar-refractivity contribution in [3.8, 4) is 0 Å². The monoisotopic (exact) mass is 319 g/mol. The molecule has 2 rings (SSSR count). The zero-order valence-electron chi connectivity index (χ0n) is 10.9. The number of carbonyl (C=O) groups is 1. The molecule has 6 heteroatoms. The minimum Gasteiger partial charge on any atom is -0.381 e. The molecule has 0 radical (unpaired) electrons. The van der Waals surface area contributed by atoms with Crippen LogP contribution in [0.3, 0.4) is 0 Å². The van der Waals surface area contributed by atoms with Crippen LogP contribution < -0.4 is 5.32 Å². The molecule has 1 saturated heterocycles. The number of nitrogens with one attached hydrogen (secondary N) is 1. The van der Waals surface area contributed by atoms with Crippen LogP contribution in [-0.2, 0) is 14.9 Å². The fourth-order valence-corrected chi connectivity index (χ4v) is 2.67. The third kappa shape index (κ3) is 3.62. The molecule has 0 saturated carbocycles. The molecular weight excluding hydrogens is 304 g/mol. The summed E-state index contributed by atoms with van der Waals surface area (Å²) in [4.78, 5) is 11.3. The molecule has 1 fully saturated rings. The average molecular weight is 320 g/mol. The van der Waals surface area contributed by atoms with E-state index >= 15 is 0 Å². The number of hydrogen-bond donors (Lipinski definition) is 1. The predicted octanol–water partition coefficient (Wildman–Crippen LogP) is 3.04. The van der Waals surface area contributed by atoms with Crippen LogP contribution in [0.25, 0.3) is 0 Å². The number of alkyl halides is 2. The zero-order valence-corrected chi connectivity index (χ0v) is 12.4. The second kappa shape index (κ2) is 6.74. The molecule has 1 amide bonds. The molecule has 3 nitrogen and oxygen atoms in total. The van der Waals surface area contributed by atoms with Crippen molar-refractivity contribution in [1.82, 2.24) is 5.32 Å². The van der Waals surface area contributed by atoms with Crippen LogP contribution in [0.2, 0.25) is 5.02 Å². The van der Waals surface area contributed by atoms with Crippen LogP contribution in [0.5, 0.6) is 0 Å². The lowest BCUT2D eigenvalue weighted by atomic mass is 9.74. The first-order chi connectivity index (χ1) is 9.53. The molecule has 1 aliphatic rings. The first-order valence-corrected chi connectivity index (χ1v) is 7.25. The fourth-order valence-electron chi connectivity index (χ4n) is 2.47. The lowest BCUT2D eigenvalue weighted by molar-refractivity contribution is -0.123. The van der Waals surface area contributed by atoms with Crippen molar-refractivity contribution in [2.45, 2.75) is 23.9 Å². The number of carbonyl (C=O) groups excluding carboxylic acids is 1. The van der Waals surface area contributed by atoms with Gasteiger partial charge in [0, 0.05) is 30.2 Å². The average Bonchev–Trinajstić information content (AvgIpc) is 2.46. The SMILES string of the molecule is O=C(NCC1(c2ccc(Cl)cc2)CCOCC1)C(F)Cl. The van der Waals surface area contributed by atoms with Gasteiger partial charge in [0.25, 0.3) is 11.5 Å². The molecule has 1 aromatic carbocycles. The highest BCUT2D eigenvalue weighted by molar-refractivity contribution is 6.30. The van der Waals surface area contributed by atoms with Crippen LogP contribution >= 0.6 is 23.2 Å². The van der Waals surface area contributed by atoms with Crippen LogP contribution in [0, 0.1) is 0 Å². The maximum atomic E-state index is 12.7. The molecule has 1 atom stereocenters. The molecule has 110 valence electrons. The summed E-state index contributed by atoms with van der Waals surface area (Å²) in [6.07, 6.45) is 1.52. The Hall–Kier alpha value is -0.840. The fraction of sp³-hybridized carbons (Fsp3) is 0.500. The molecule has 0 spiro atoms. The topological polar surface area (TPSA) is 38.3 Å². The van der Waals surface area contributed by atoms with Crippen LogP contribution in [-0.4, -0.2) is 31.3 Å². The van der Waals surface area contributed by atoms with Gasteiger partial charge in [-0.25, -0.2) is 4.39 Å². The molecule has 20 heavy (non-hydrogen) atoms. The summed E-state index contributed by atoms with van der Waals surface area (Å²) >= 11 is 11.0. The summed E-state index contributed by atoms with van der Waals surface area (Å²) in [7, 11) is 0. The standard InChI is InChI=1S/C14H16Cl2FNO2/c15-11-3-1-10(2-4-11)14(5-7-20-8-6-14)9-18-13(19)12(16)17/h1-4,12H,5-9H2,(H,18,19). The van der Waals surface area contributed by atoms with E-state index in [0.717, 1.165) is 18.4 Å². The normalized spacial score (nSPS) is 19.4. The van der Waals surface area contributed by atoms with Gasteiger partial charge >= 0.3 is 0 Å². The van der Waals surface area contributed by atoms with E-state index in [0.29, 0.717) is 24.8 Å². The molecule has 1 heterocycles. The van der Waals surface area contributed by atoms with Crippen LogP contribution in [0.1, 0.15) is 18.4 Å². The smallest absolute Gasteiger partial charge is 0.270 e. The van der Waals surface area contributed by atoms with Crippen molar-refractivity contribution < 1.29 is 13.9 Å². The predicted molar refractivity (Wildman–Crippen MR) is 76.9 cm³/mol. The third-order valence-electron chi connectivity index (χ3n) is 3.71. The van der Waals surface area contributed by atoms with Crippen molar-refractivity contribution in [1.29, 1.82) is 0 Å². The molecule has 1 aliphatic heterocycles. The summed E-state index contributed by atoms with van der Waals surface area (Å²) in [5.74, 6) is -0.800. The van der Waals surface area contributed by atoms with E-state index in [9.17, 15) is 9.18 Å². The Labute approximate surface area is 127 Å². The molecular formula is C14H16Cl2FNO2. The minimum atomic E-state index is -2.02. The highest BCUT2D eigenvalue weighted by Crippen LogP contribution is 2.34. The first-order valence-electron chi connectivity index (χ1n) is 6.43. The third-order valence-corrected chi connectivity index (χ3v) is 4.16. The van der Waals surface area contributed by atoms with Gasteiger partial charge in [0.1, 0.15) is 0 Å². The Morgan fingerprint density at radius 3 is 2.50 bits per heavy atom. The molecule has 1 unspecified atom stereocenters. The second-order valence-corrected chi connectivity index (χ2v) is 5.74. The molecule has 1 aromatic rings. The van der Waals surface area contributed by atoms with Gasteiger partial charge in [0.05, 0.1) is 0 Å². The summed E-state index contributed by atoms with van der Waals surface area (Å²) in [6, 6.07) is 7.51. The number of halogens is 3. The molecule has 0 bridgehead atoms. The van der Waals surface area contributed by atoms with Crippen molar-refractivity contribution in [3.63, 3.8) is 0 Å². The van der Waals surface area contributed by atoms with E-state index in [4.69, 9.17) is 27.9 Å². The summed E-state index contributed by atoms with van der Waals surface area (Å²) < 4.78 is 18.1. The number of amides is 1. The Bertz CT molecular complexity index is 459. The van der Waals surface area contributed by atoms with Gasteiger partial charge < -0.3 is 10.1 Å². The van der Waals surface area contributed by atoms with Gasteiger partial charge in [-0.1, -0.05) is 35.3 Å². The summed E-state index contributed by atoms with van der Waals surface area (Å²) in [5.41, 5.74) is -1.21. The van der Waals surface area contributed by atoms with Gasteiger partial charge in [0.15, 0.2) is 0 Å². The molecule has 0 aliphatic carbocycles. The number of ether oxygens (including phenoxy) is 1. The highest BCUT2D eigenvalue weighted by atomic mass is 35.5. The van der Waals surface area contributed by atoms with Crippen LogP contribution in [0.4, 0.5) is 4.39 Å². The van der Waals surface area contributed by atoms with Crippen molar-refractivity contribution in [2.75, 3.05) is 19.8 Å². The highest BCUT2D eigenvalue weighted by Gasteiger charge is 2.35. The molecule has 0 aromatic heterocycles. The summed E-state index contributed by atoms with van der Waals surface area (Å²) in [6.45, 7) is 1.56. The van der Waals surface area contributed by atoms with E-state index in [1.807, 2.05) is 24.3 Å². The van der Waals surface area contributed by atoms with E-state index in [-0.39, 0.29) is 5.41 Å². The second-order valence-electron chi connectivity index (χ2n) is 4.92. The van der Waals surface area contributed by atoms with E-state index in [1.54, 1.807) is 0 Å². The Kier molecular flexibility index (Phi) is 5.24. The largest absolute Gasteiger partial charge is 0.381 e. The maximum Gasteiger partial charge on any atom is 0.270 e. The number of rotatable bonds is 4. The van der Waals surface area contributed by atoms with Gasteiger partial charge in [0.2, 0.25) is 0 Å². The quantitative estimate of drug-likeness (QED) is 0.866. The minimum absolute atomic E-state index is 0.260.